The molecular weight excluding hydrogens is 2040 g/mol. The minimum atomic E-state index is -0.190. The number of piperazine rings is 5. The molecule has 146 heavy (non-hydrogen) atoms. The lowest BCUT2D eigenvalue weighted by molar-refractivity contribution is 0.0628. The Bertz CT molecular complexity index is 6860. The number of fused-ring (bicyclic) bond motifs is 7. The predicted octanol–water partition coefficient (Wildman–Crippen LogP) is 21.4. The Morgan fingerprint density at radius 1 is 0.301 bits per heavy atom. The number of rotatable bonds is 19. The van der Waals surface area contributed by atoms with E-state index in [4.69, 9.17) is 86.9 Å². The average Bonchev–Trinajstić information content (AvgIpc) is 1.64. The predicted molar refractivity (Wildman–Crippen MR) is 605 cm³/mol. The van der Waals surface area contributed by atoms with Crippen molar-refractivity contribution in [1.29, 1.82) is 0 Å². The second kappa shape index (κ2) is 54.2. The summed E-state index contributed by atoms with van der Waals surface area (Å²) in [5.74, 6) is -0.748. The number of anilines is 4. The van der Waals surface area contributed by atoms with Crippen molar-refractivity contribution in [3.05, 3.63) is 397 Å². The van der Waals surface area contributed by atoms with Crippen LogP contribution in [-0.4, -0.2) is 255 Å². The number of amides is 4. The van der Waals surface area contributed by atoms with Crippen molar-refractivity contribution < 1.29 is 19.2 Å². The van der Waals surface area contributed by atoms with Crippen molar-refractivity contribution in [2.75, 3.05) is 202 Å². The second-order valence-electron chi connectivity index (χ2n) is 35.6. The van der Waals surface area contributed by atoms with Crippen LogP contribution in [0.3, 0.4) is 0 Å². The zero-order valence-corrected chi connectivity index (χ0v) is 87.9. The Kier molecular flexibility index (Phi) is 39.7. The zero-order chi connectivity index (χ0) is 101. The number of hydrogen-bond donors (Lipinski definition) is 5. The number of hydrogen-bond acceptors (Lipinski definition) is 21. The molecule has 0 atom stereocenters. The topological polar surface area (TPSA) is 236 Å². The van der Waals surface area contributed by atoms with Crippen LogP contribution in [0.25, 0.3) is 54.5 Å². The molecule has 11 aromatic carbocycles. The normalized spacial score (nSPS) is 15.3. The van der Waals surface area contributed by atoms with E-state index in [9.17, 15) is 19.2 Å². The van der Waals surface area contributed by atoms with Crippen LogP contribution in [0, 0.1) is 0 Å². The van der Waals surface area contributed by atoms with Gasteiger partial charge in [0.1, 0.15) is 0 Å². The molecule has 0 aliphatic carbocycles. The van der Waals surface area contributed by atoms with Crippen LogP contribution in [-0.2, 0) is 0 Å². The number of benzene rings is 11. The fourth-order valence-corrected chi connectivity index (χ4v) is 20.4. The van der Waals surface area contributed by atoms with Crippen LogP contribution in [0.15, 0.2) is 322 Å². The highest BCUT2D eigenvalue weighted by molar-refractivity contribution is 9.09. The van der Waals surface area contributed by atoms with Crippen molar-refractivity contribution in [2.24, 2.45) is 5.73 Å². The van der Waals surface area contributed by atoms with Crippen molar-refractivity contribution in [2.45, 2.75) is 11.4 Å². The van der Waals surface area contributed by atoms with E-state index in [0.29, 0.717) is 62.3 Å². The maximum Gasteiger partial charge on any atom is 0.261 e. The van der Waals surface area contributed by atoms with Crippen LogP contribution in [0.1, 0.15) is 75.1 Å². The lowest BCUT2D eigenvalue weighted by Crippen LogP contribution is -2.49. The average molecular weight is 2160 g/mol. The number of carbonyl (C=O) groups excluding carboxylic acids is 4. The molecule has 0 saturated carbocycles. The van der Waals surface area contributed by atoms with Crippen LogP contribution in [0.5, 0.6) is 0 Å². The van der Waals surface area contributed by atoms with Crippen LogP contribution in [0.4, 0.5) is 22.7 Å². The first-order chi connectivity index (χ1) is 71.4. The van der Waals surface area contributed by atoms with E-state index in [-0.39, 0.29) is 35.0 Å². The lowest BCUT2D eigenvalue weighted by atomic mass is 9.99. The molecule has 0 bridgehead atoms. The van der Waals surface area contributed by atoms with Gasteiger partial charge in [0.05, 0.1) is 66.3 Å². The molecule has 31 heteroatoms. The number of pyridine rings is 5. The van der Waals surface area contributed by atoms with Gasteiger partial charge in [-0.25, -0.2) is 0 Å². The minimum Gasteiger partial charge on any atom is -0.368 e. The summed E-state index contributed by atoms with van der Waals surface area (Å²) in [5, 5.41) is 24.0. The van der Waals surface area contributed by atoms with E-state index in [1.165, 1.54) is 54.1 Å². The van der Waals surface area contributed by atoms with Crippen molar-refractivity contribution in [1.82, 2.24) is 70.7 Å². The Morgan fingerprint density at radius 2 is 0.582 bits per heavy atom. The van der Waals surface area contributed by atoms with Crippen molar-refractivity contribution >= 4 is 198 Å². The summed E-state index contributed by atoms with van der Waals surface area (Å²) in [6.45, 7) is 25.8. The third-order valence-electron chi connectivity index (χ3n) is 26.3. The maximum atomic E-state index is 12.5. The summed E-state index contributed by atoms with van der Waals surface area (Å²) in [5.41, 5.74) is 22.1. The molecule has 23 rings (SSSR count). The van der Waals surface area contributed by atoms with Crippen molar-refractivity contribution in [3.8, 4) is 0 Å². The van der Waals surface area contributed by atoms with Crippen molar-refractivity contribution in [3.63, 3.8) is 0 Å². The number of carbonyl (C=O) groups is 4. The molecule has 5 fully saturated rings. The SMILES string of the molecule is C1CNCCN1.ClC(c1ccccc1)c1ccccc1.Clc1ccc2c(Cl)ccnc2c1.Clc1ccc2c(N3CCN(CCNC(c4ccccc4)c4ccccc4)CC3)ccnc2c1.Clc1ccc2c(N3CCNCC3)ccnc2c1.NCCN1CCN(c2ccnc3cc(Cl)ccc23)CC1.O=C1c2ccccc2C(=O)N1CCBr.O=C1c2ccccc2C(=O)N1CCN1CCN(c2ccnc3cc(Cl)ccc23)CC1. The van der Waals surface area contributed by atoms with Gasteiger partial charge in [-0.2, -0.15) is 0 Å². The number of alkyl halides is 2. The van der Waals surface area contributed by atoms with E-state index >= 15 is 0 Å². The van der Waals surface area contributed by atoms with Gasteiger partial charge in [-0.15, -0.1) is 11.6 Å². The third-order valence-corrected chi connectivity index (χ3v) is 28.7. The van der Waals surface area contributed by atoms with Gasteiger partial charge in [-0.3, -0.25) is 68.6 Å². The first-order valence-electron chi connectivity index (χ1n) is 49.3. The second-order valence-corrected chi connectivity index (χ2v) is 39.4. The molecule has 16 aromatic rings. The van der Waals surface area contributed by atoms with Gasteiger partial charge in [0.2, 0.25) is 0 Å². The molecule has 0 unspecified atom stereocenters. The highest BCUT2D eigenvalue weighted by Gasteiger charge is 2.37. The van der Waals surface area contributed by atoms with Gasteiger partial charge in [-0.05, 0) is 168 Å². The number of nitrogens with two attached hydrogens (primary N) is 1. The van der Waals surface area contributed by atoms with Gasteiger partial charge in [0, 0.05) is 288 Å². The fourth-order valence-electron chi connectivity index (χ4n) is 18.7. The van der Waals surface area contributed by atoms with Gasteiger partial charge < -0.3 is 46.6 Å². The molecule has 6 N–H and O–H groups in total. The highest BCUT2D eigenvalue weighted by Crippen LogP contribution is 2.36. The third kappa shape index (κ3) is 28.5. The van der Waals surface area contributed by atoms with E-state index < -0.39 is 0 Å². The van der Waals surface area contributed by atoms with Crippen LogP contribution < -0.4 is 46.6 Å². The van der Waals surface area contributed by atoms with Gasteiger partial charge in [0.15, 0.2) is 0 Å². The largest absolute Gasteiger partial charge is 0.368 e. The minimum absolute atomic E-state index is 0.0441. The van der Waals surface area contributed by atoms with E-state index in [2.05, 4.69) is 193 Å². The monoisotopic (exact) mass is 2150 g/mol. The summed E-state index contributed by atoms with van der Waals surface area (Å²) in [4.78, 5) is 89.8. The molecule has 0 spiro atoms. The first kappa shape index (κ1) is 107. The molecule has 7 aliphatic heterocycles. The molecule has 5 saturated heterocycles. The number of nitrogens with zero attached hydrogens (tertiary/aromatic N) is 14. The molecule has 23 nitrogen and oxygen atoms in total. The standard InChI is InChI=1S/C28H29ClN4.C23H21ClN4O2.C15H19ClN4.C13H14ClN3.C13H11Cl.C10H8BrNO2.C9H5Cl2N.C4H10N2/c29-24-11-12-25-26(21-24)30-14-13-27(25)33-19-17-32(18-20-33)16-15-31-28(22-7-3-1-4-8-22)23-9-5-2-6-10-23;24-16-5-6-19-20(15-16)25-8-7-21(19)27-12-9-26(10-13-27)11-14-28-22(29)17-3-1-2-4-18(17)23(28)30;16-12-1-2-13-14(11-12)18-5-3-15(13)20-9-7-19(6-4-17)8-10-20;14-10-1-2-11-12(9-10)16-4-3-13(11)17-7-5-15-6-8-17;14-13(11-7-3-1-4-8-11)12-9-5-2-6-10-12;11-5-6-12-9(13)7-3-1-2-4-8(7)10(12)14;10-6-1-2-7-8(11)3-4-12-9(7)5-6;1-2-6-4-3-5-1/h1-14,21,28,31H,15-20H2;1-8,15H,9-14H2;1-3,5,11H,4,6-10,17H2;1-4,9,15H,5-8H2;1-10,13H;1-4H,5-6H2;1-5H;5-6H,1-4H2. The maximum absolute atomic E-state index is 12.5. The number of halogens is 8. The van der Waals surface area contributed by atoms with E-state index in [0.717, 1.165) is 227 Å². The highest BCUT2D eigenvalue weighted by atomic mass is 79.9. The molecule has 12 heterocycles. The summed E-state index contributed by atoms with van der Waals surface area (Å²) in [6.07, 6.45) is 9.09. The molecule has 5 aromatic heterocycles. The number of aromatic nitrogens is 5. The Hall–Kier alpha value is -11.9. The molecule has 4 amide bonds. The van der Waals surface area contributed by atoms with E-state index in [1.54, 1.807) is 72.9 Å². The molecule has 752 valence electrons. The lowest BCUT2D eigenvalue weighted by Gasteiger charge is -2.37. The number of imide groups is 2. The molecule has 0 radical (unpaired) electrons. The van der Waals surface area contributed by atoms with Gasteiger partial charge >= 0.3 is 0 Å². The Balaban J connectivity index is 0.000000124. The van der Waals surface area contributed by atoms with Crippen LogP contribution in [0.2, 0.25) is 30.1 Å². The summed E-state index contributed by atoms with van der Waals surface area (Å²) in [7, 11) is 0. The summed E-state index contributed by atoms with van der Waals surface area (Å²) < 4.78 is 0. The first-order valence-corrected chi connectivity index (χ1v) is 53.1. The summed E-state index contributed by atoms with van der Waals surface area (Å²) >= 11 is 45.6. The Morgan fingerprint density at radius 3 is 0.911 bits per heavy atom. The quantitative estimate of drug-likeness (QED) is 0.0374. The Labute approximate surface area is 896 Å². The molecular formula is C115H117BrCl7N19O4. The smallest absolute Gasteiger partial charge is 0.261 e. The van der Waals surface area contributed by atoms with E-state index in [1.807, 2.05) is 152 Å². The van der Waals surface area contributed by atoms with Gasteiger partial charge in [0.25, 0.3) is 23.6 Å². The van der Waals surface area contributed by atoms with Gasteiger partial charge in [-0.1, -0.05) is 231 Å². The zero-order valence-electron chi connectivity index (χ0n) is 81.0. The van der Waals surface area contributed by atoms with Crippen LogP contribution >= 0.6 is 97.1 Å². The summed E-state index contributed by atoms with van der Waals surface area (Å²) in [6, 6.07) is 95.0. The number of nitrogens with one attached hydrogen (secondary N) is 4. The fraction of sp³-hybridized carbons (Fsp3) is 0.261. The molecule has 7 aliphatic rings.